The molecule has 0 amide bonds. The van der Waals surface area contributed by atoms with E-state index < -0.39 is 0 Å². The van der Waals surface area contributed by atoms with E-state index in [1.54, 1.807) is 11.3 Å². The average molecular weight is 280 g/mol. The normalized spacial score (nSPS) is 20.8. The van der Waals surface area contributed by atoms with Crippen molar-refractivity contribution in [1.29, 1.82) is 0 Å². The van der Waals surface area contributed by atoms with Gasteiger partial charge >= 0.3 is 0 Å². The number of thiazole rings is 1. The molecule has 1 saturated heterocycles. The van der Waals surface area contributed by atoms with Gasteiger partial charge in [-0.15, -0.1) is 0 Å². The largest absolute Gasteiger partial charge is 0.348 e. The van der Waals surface area contributed by atoms with Gasteiger partial charge in [-0.2, -0.15) is 0 Å². The van der Waals surface area contributed by atoms with Crippen molar-refractivity contribution in [2.75, 3.05) is 18.0 Å². The lowest BCUT2D eigenvalue weighted by Crippen LogP contribution is -2.19. The number of aromatic nitrogens is 1. The second kappa shape index (κ2) is 6.51. The molecular weight excluding hydrogens is 256 g/mol. The van der Waals surface area contributed by atoms with Crippen LogP contribution < -0.4 is 4.90 Å². The Balaban J connectivity index is 2.13. The number of carbonyl (C=O) groups excluding carboxylic acids is 1. The molecule has 1 aromatic rings. The third-order valence-electron chi connectivity index (χ3n) is 4.11. The van der Waals surface area contributed by atoms with Crippen molar-refractivity contribution < 1.29 is 4.79 Å². The lowest BCUT2D eigenvalue weighted by Gasteiger charge is -2.14. The molecule has 0 N–H and O–H groups in total. The maximum atomic E-state index is 11.2. The summed E-state index contributed by atoms with van der Waals surface area (Å²) in [7, 11) is 0. The predicted octanol–water partition coefficient (Wildman–Crippen LogP) is 4.10. The Morgan fingerprint density at radius 2 is 2.32 bits per heavy atom. The Morgan fingerprint density at radius 1 is 1.53 bits per heavy atom. The maximum absolute atomic E-state index is 11.2. The van der Waals surface area contributed by atoms with Crippen molar-refractivity contribution >= 4 is 22.8 Å². The molecule has 0 saturated carbocycles. The van der Waals surface area contributed by atoms with Crippen LogP contribution >= 0.6 is 11.3 Å². The van der Waals surface area contributed by atoms with Crippen molar-refractivity contribution in [1.82, 2.24) is 4.98 Å². The number of nitrogens with zero attached hydrogens (tertiary/aromatic N) is 2. The second-order valence-electron chi connectivity index (χ2n) is 5.56. The van der Waals surface area contributed by atoms with Crippen LogP contribution in [0.5, 0.6) is 0 Å². The van der Waals surface area contributed by atoms with E-state index in [-0.39, 0.29) is 0 Å². The molecule has 3 nitrogen and oxygen atoms in total. The summed E-state index contributed by atoms with van der Waals surface area (Å²) in [6.07, 6.45) is 5.84. The highest BCUT2D eigenvalue weighted by Gasteiger charge is 2.26. The van der Waals surface area contributed by atoms with Gasteiger partial charge in [-0.05, 0) is 31.1 Å². The van der Waals surface area contributed by atoms with E-state index in [9.17, 15) is 4.79 Å². The first-order valence-electron chi connectivity index (χ1n) is 7.40. The molecule has 2 rings (SSSR count). The van der Waals surface area contributed by atoms with Crippen LogP contribution in [0.4, 0.5) is 5.13 Å². The summed E-state index contributed by atoms with van der Waals surface area (Å²) in [4.78, 5) is 19.1. The highest BCUT2D eigenvalue weighted by Crippen LogP contribution is 2.34. The molecule has 1 aliphatic heterocycles. The van der Waals surface area contributed by atoms with E-state index >= 15 is 0 Å². The van der Waals surface area contributed by atoms with Crippen LogP contribution in [0.25, 0.3) is 0 Å². The Bertz CT molecular complexity index is 430. The van der Waals surface area contributed by atoms with Crippen LogP contribution in [0.1, 0.15) is 67.7 Å². The van der Waals surface area contributed by atoms with Crippen molar-refractivity contribution in [3.8, 4) is 0 Å². The van der Waals surface area contributed by atoms with Gasteiger partial charge in [0.2, 0.25) is 0 Å². The molecule has 1 aromatic heterocycles. The van der Waals surface area contributed by atoms with Crippen LogP contribution in [0.3, 0.4) is 0 Å². The van der Waals surface area contributed by atoms with Gasteiger partial charge in [-0.25, -0.2) is 4.98 Å². The molecule has 1 aliphatic rings. The molecule has 106 valence electrons. The fourth-order valence-corrected chi connectivity index (χ4v) is 3.78. The quantitative estimate of drug-likeness (QED) is 0.736. The Labute approximate surface area is 120 Å². The van der Waals surface area contributed by atoms with Gasteiger partial charge in [0.05, 0.1) is 10.6 Å². The van der Waals surface area contributed by atoms with Crippen molar-refractivity contribution in [3.63, 3.8) is 0 Å². The van der Waals surface area contributed by atoms with Gasteiger partial charge < -0.3 is 4.90 Å². The molecule has 19 heavy (non-hydrogen) atoms. The molecule has 0 spiro atoms. The number of anilines is 1. The van der Waals surface area contributed by atoms with E-state index in [4.69, 9.17) is 4.98 Å². The summed E-state index contributed by atoms with van der Waals surface area (Å²) in [5.74, 6) is 1.18. The van der Waals surface area contributed by atoms with E-state index in [2.05, 4.69) is 25.7 Å². The minimum Gasteiger partial charge on any atom is -0.348 e. The molecule has 0 aliphatic carbocycles. The SMILES string of the molecule is CCCC1CCN(c2nc(C(C)CC)c(C=O)s2)C1. The molecule has 0 bridgehead atoms. The molecule has 2 heterocycles. The number of rotatable bonds is 6. The van der Waals surface area contributed by atoms with Gasteiger partial charge in [-0.1, -0.05) is 38.5 Å². The zero-order chi connectivity index (χ0) is 13.8. The van der Waals surface area contributed by atoms with Gasteiger partial charge in [0, 0.05) is 13.1 Å². The van der Waals surface area contributed by atoms with Crippen LogP contribution in [0, 0.1) is 5.92 Å². The van der Waals surface area contributed by atoms with E-state index in [0.29, 0.717) is 5.92 Å². The van der Waals surface area contributed by atoms with Crippen molar-refractivity contribution in [3.05, 3.63) is 10.6 Å². The van der Waals surface area contributed by atoms with Crippen LogP contribution in [-0.4, -0.2) is 24.4 Å². The molecule has 0 radical (unpaired) electrons. The fraction of sp³-hybridized carbons (Fsp3) is 0.733. The molecule has 2 unspecified atom stereocenters. The highest BCUT2D eigenvalue weighted by atomic mass is 32.1. The number of hydrogen-bond acceptors (Lipinski definition) is 4. The van der Waals surface area contributed by atoms with E-state index in [1.807, 2.05) is 0 Å². The standard InChI is InChI=1S/C15H24N2OS/c1-4-6-12-7-8-17(9-12)15-16-14(11(3)5-2)13(10-18)19-15/h10-12H,4-9H2,1-3H3. The number of hydrogen-bond donors (Lipinski definition) is 0. The lowest BCUT2D eigenvalue weighted by atomic mass is 10.0. The summed E-state index contributed by atoms with van der Waals surface area (Å²) >= 11 is 1.57. The van der Waals surface area contributed by atoms with E-state index in [0.717, 1.165) is 47.4 Å². The molecule has 2 atom stereocenters. The van der Waals surface area contributed by atoms with Gasteiger partial charge in [0.1, 0.15) is 0 Å². The summed E-state index contributed by atoms with van der Waals surface area (Å²) in [5.41, 5.74) is 0.997. The second-order valence-corrected chi connectivity index (χ2v) is 6.57. The molecular formula is C15H24N2OS. The minimum atomic E-state index is 0.374. The van der Waals surface area contributed by atoms with Crippen molar-refractivity contribution in [2.45, 2.75) is 52.4 Å². The first-order valence-corrected chi connectivity index (χ1v) is 8.22. The zero-order valence-electron chi connectivity index (χ0n) is 12.2. The lowest BCUT2D eigenvalue weighted by molar-refractivity contribution is 0.112. The van der Waals surface area contributed by atoms with Gasteiger partial charge in [0.25, 0.3) is 0 Å². The van der Waals surface area contributed by atoms with Gasteiger partial charge in [-0.3, -0.25) is 4.79 Å². The van der Waals surface area contributed by atoms with Gasteiger partial charge in [0.15, 0.2) is 11.4 Å². The molecule has 4 heteroatoms. The first kappa shape index (κ1) is 14.5. The highest BCUT2D eigenvalue weighted by molar-refractivity contribution is 7.17. The van der Waals surface area contributed by atoms with Crippen LogP contribution in [0.2, 0.25) is 0 Å². The first-order chi connectivity index (χ1) is 9.19. The van der Waals surface area contributed by atoms with Crippen molar-refractivity contribution in [2.24, 2.45) is 5.92 Å². The number of aldehydes is 1. The fourth-order valence-electron chi connectivity index (χ4n) is 2.75. The summed E-state index contributed by atoms with van der Waals surface area (Å²) in [6, 6.07) is 0. The predicted molar refractivity (Wildman–Crippen MR) is 81.4 cm³/mol. The Kier molecular flexibility index (Phi) is 4.97. The number of carbonyl (C=O) groups is 1. The monoisotopic (exact) mass is 280 g/mol. The smallest absolute Gasteiger partial charge is 0.186 e. The molecule has 1 fully saturated rings. The molecule has 0 aromatic carbocycles. The Hall–Kier alpha value is -0.900. The summed E-state index contributed by atoms with van der Waals surface area (Å²) < 4.78 is 0. The zero-order valence-corrected chi connectivity index (χ0v) is 13.0. The topological polar surface area (TPSA) is 33.2 Å². The average Bonchev–Trinajstić information content (AvgIpc) is 3.04. The summed E-state index contributed by atoms with van der Waals surface area (Å²) in [6.45, 7) is 8.74. The summed E-state index contributed by atoms with van der Waals surface area (Å²) in [5, 5.41) is 1.05. The maximum Gasteiger partial charge on any atom is 0.186 e. The minimum absolute atomic E-state index is 0.374. The Morgan fingerprint density at radius 3 is 2.95 bits per heavy atom. The van der Waals surface area contributed by atoms with Crippen LogP contribution in [0.15, 0.2) is 0 Å². The third-order valence-corrected chi connectivity index (χ3v) is 5.17. The van der Waals surface area contributed by atoms with E-state index in [1.165, 1.54) is 19.3 Å². The van der Waals surface area contributed by atoms with Crippen LogP contribution in [-0.2, 0) is 0 Å². The third kappa shape index (κ3) is 3.16.